The van der Waals surface area contributed by atoms with Crippen LogP contribution in [0.5, 0.6) is 0 Å². The van der Waals surface area contributed by atoms with Crippen LogP contribution in [0.2, 0.25) is 0 Å². The van der Waals surface area contributed by atoms with E-state index in [1.54, 1.807) is 0 Å². The van der Waals surface area contributed by atoms with Crippen LogP contribution in [0.1, 0.15) is 33.6 Å². The van der Waals surface area contributed by atoms with Gasteiger partial charge >= 0.3 is 0 Å². The highest BCUT2D eigenvalue weighted by Gasteiger charge is 2.10. The first-order chi connectivity index (χ1) is 3.92. The van der Waals surface area contributed by atoms with Crippen LogP contribution in [0, 0.1) is 5.41 Å². The molecule has 0 atom stereocenters. The van der Waals surface area contributed by atoms with E-state index in [9.17, 15) is 4.79 Å². The third-order valence-electron chi connectivity index (χ3n) is 1.12. The van der Waals surface area contributed by atoms with Crippen molar-refractivity contribution < 1.29 is 4.79 Å². The van der Waals surface area contributed by atoms with Crippen LogP contribution < -0.4 is 5.73 Å². The summed E-state index contributed by atoms with van der Waals surface area (Å²) >= 11 is 0. The highest BCUT2D eigenvalue weighted by Crippen LogP contribution is 2.19. The topological polar surface area (TPSA) is 43.1 Å². The smallest absolute Gasteiger partial charge is 0.217 e. The molecular weight excluding hydrogens is 185 g/mol. The molecule has 2 N–H and O–H groups in total. The largest absolute Gasteiger partial charge is 0.370 e. The van der Waals surface area contributed by atoms with Gasteiger partial charge in [-0.05, 0) is 11.8 Å². The standard InChI is InChI=1S/C7H15NO.2ClH/c1-7(2,3)5-4-6(8)9;;/h4-5H2,1-3H3,(H2,8,9);2*1H. The molecule has 0 aromatic heterocycles. The summed E-state index contributed by atoms with van der Waals surface area (Å²) in [6.07, 6.45) is 1.38. The molecule has 0 aliphatic rings. The third-order valence-corrected chi connectivity index (χ3v) is 1.12. The van der Waals surface area contributed by atoms with Crippen molar-refractivity contribution in [1.29, 1.82) is 0 Å². The predicted molar refractivity (Wildman–Crippen MR) is 52.4 cm³/mol. The quantitative estimate of drug-likeness (QED) is 0.732. The molecule has 0 fully saturated rings. The van der Waals surface area contributed by atoms with E-state index < -0.39 is 0 Å². The third kappa shape index (κ3) is 17.8. The molecule has 0 aromatic carbocycles. The molecule has 11 heavy (non-hydrogen) atoms. The molecule has 0 bridgehead atoms. The Kier molecular flexibility index (Phi) is 10.6. The summed E-state index contributed by atoms with van der Waals surface area (Å²) in [5.41, 5.74) is 5.19. The summed E-state index contributed by atoms with van der Waals surface area (Å²) in [5.74, 6) is -0.204. The first kappa shape index (κ1) is 17.2. The number of nitrogens with two attached hydrogens (primary N) is 1. The van der Waals surface area contributed by atoms with Crippen LogP contribution in [0.3, 0.4) is 0 Å². The highest BCUT2D eigenvalue weighted by atomic mass is 35.5. The van der Waals surface area contributed by atoms with Gasteiger partial charge in [-0.1, -0.05) is 20.8 Å². The summed E-state index contributed by atoms with van der Waals surface area (Å²) in [5, 5.41) is 0. The number of carbonyl (C=O) groups excluding carboxylic acids is 1. The van der Waals surface area contributed by atoms with E-state index in [4.69, 9.17) is 5.73 Å². The van der Waals surface area contributed by atoms with E-state index >= 15 is 0 Å². The van der Waals surface area contributed by atoms with Crippen molar-refractivity contribution in [2.24, 2.45) is 11.1 Å². The lowest BCUT2D eigenvalue weighted by molar-refractivity contribution is -0.118. The SMILES string of the molecule is CC(C)(C)CCC(N)=O.Cl.Cl. The molecule has 0 aliphatic heterocycles. The van der Waals surface area contributed by atoms with Crippen molar-refractivity contribution in [1.82, 2.24) is 0 Å². The Hall–Kier alpha value is 0.0500. The number of amides is 1. The van der Waals surface area contributed by atoms with Crippen LogP contribution in [0.15, 0.2) is 0 Å². The Balaban J connectivity index is -0.000000320. The van der Waals surface area contributed by atoms with Gasteiger partial charge in [0.25, 0.3) is 0 Å². The first-order valence-electron chi connectivity index (χ1n) is 3.20. The zero-order valence-corrected chi connectivity index (χ0v) is 8.85. The zero-order chi connectivity index (χ0) is 7.49. The summed E-state index contributed by atoms with van der Waals surface area (Å²) in [7, 11) is 0. The number of primary amides is 1. The summed E-state index contributed by atoms with van der Waals surface area (Å²) in [4.78, 5) is 10.3. The first-order valence-corrected chi connectivity index (χ1v) is 3.20. The summed E-state index contributed by atoms with van der Waals surface area (Å²) < 4.78 is 0. The Morgan fingerprint density at radius 3 is 1.73 bits per heavy atom. The monoisotopic (exact) mass is 201 g/mol. The fourth-order valence-electron chi connectivity index (χ4n) is 0.498. The van der Waals surface area contributed by atoms with Crippen molar-refractivity contribution >= 4 is 30.7 Å². The second kappa shape index (κ2) is 6.74. The van der Waals surface area contributed by atoms with Gasteiger partial charge < -0.3 is 5.73 Å². The average Bonchev–Trinajstić information content (AvgIpc) is 1.59. The van der Waals surface area contributed by atoms with Crippen LogP contribution in [0.4, 0.5) is 0 Å². The van der Waals surface area contributed by atoms with Gasteiger partial charge in [0.2, 0.25) is 5.91 Å². The highest BCUT2D eigenvalue weighted by molar-refractivity contribution is 5.85. The Morgan fingerprint density at radius 2 is 1.64 bits per heavy atom. The number of halogens is 2. The van der Waals surface area contributed by atoms with Gasteiger partial charge in [0.05, 0.1) is 0 Å². The number of carbonyl (C=O) groups is 1. The summed E-state index contributed by atoms with van der Waals surface area (Å²) in [6.45, 7) is 6.28. The molecule has 1 amide bonds. The Labute approximate surface area is 80.7 Å². The van der Waals surface area contributed by atoms with Gasteiger partial charge in [-0.2, -0.15) is 0 Å². The van der Waals surface area contributed by atoms with Crippen LogP contribution in [0.25, 0.3) is 0 Å². The van der Waals surface area contributed by atoms with Crippen molar-refractivity contribution in [3.8, 4) is 0 Å². The molecule has 0 unspecified atom stereocenters. The normalized spacial score (nSPS) is 9.36. The number of hydrogen-bond acceptors (Lipinski definition) is 1. The molecule has 0 aromatic rings. The fraction of sp³-hybridized carbons (Fsp3) is 0.857. The van der Waals surface area contributed by atoms with Gasteiger partial charge in [0.1, 0.15) is 0 Å². The van der Waals surface area contributed by atoms with E-state index in [0.717, 1.165) is 6.42 Å². The van der Waals surface area contributed by atoms with E-state index in [1.807, 2.05) is 0 Å². The van der Waals surface area contributed by atoms with Crippen molar-refractivity contribution in [2.75, 3.05) is 0 Å². The maximum atomic E-state index is 10.3. The minimum Gasteiger partial charge on any atom is -0.370 e. The van der Waals surface area contributed by atoms with Gasteiger partial charge in [-0.3, -0.25) is 4.79 Å². The van der Waals surface area contributed by atoms with E-state index in [0.29, 0.717) is 6.42 Å². The molecule has 4 heteroatoms. The van der Waals surface area contributed by atoms with Crippen LogP contribution in [-0.2, 0) is 4.79 Å². The minimum atomic E-state index is -0.204. The van der Waals surface area contributed by atoms with Crippen molar-refractivity contribution in [2.45, 2.75) is 33.6 Å². The van der Waals surface area contributed by atoms with E-state index in [2.05, 4.69) is 20.8 Å². The minimum absolute atomic E-state index is 0. The summed E-state index contributed by atoms with van der Waals surface area (Å²) in [6, 6.07) is 0. The van der Waals surface area contributed by atoms with Gasteiger partial charge in [-0.15, -0.1) is 24.8 Å². The number of rotatable bonds is 2. The lowest BCUT2D eigenvalue weighted by Gasteiger charge is -2.15. The second-order valence-corrected chi connectivity index (χ2v) is 3.53. The molecule has 0 saturated carbocycles. The Morgan fingerprint density at radius 1 is 1.27 bits per heavy atom. The van der Waals surface area contributed by atoms with E-state index in [1.165, 1.54) is 0 Å². The molecule has 0 saturated heterocycles. The molecule has 0 heterocycles. The molecule has 0 aliphatic carbocycles. The Bertz CT molecular complexity index is 109. The molecule has 2 nitrogen and oxygen atoms in total. The zero-order valence-electron chi connectivity index (χ0n) is 7.22. The van der Waals surface area contributed by atoms with Gasteiger partial charge in [-0.25, -0.2) is 0 Å². The molecule has 0 radical (unpaired) electrons. The molecule has 70 valence electrons. The lowest BCUT2D eigenvalue weighted by atomic mass is 9.90. The molecule has 0 spiro atoms. The second-order valence-electron chi connectivity index (χ2n) is 3.53. The van der Waals surface area contributed by atoms with Gasteiger partial charge in [0, 0.05) is 6.42 Å². The molecular formula is C7H17Cl2NO. The maximum absolute atomic E-state index is 10.3. The van der Waals surface area contributed by atoms with Crippen molar-refractivity contribution in [3.05, 3.63) is 0 Å². The van der Waals surface area contributed by atoms with E-state index in [-0.39, 0.29) is 36.1 Å². The maximum Gasteiger partial charge on any atom is 0.217 e. The number of hydrogen-bond donors (Lipinski definition) is 1. The van der Waals surface area contributed by atoms with Gasteiger partial charge in [0.15, 0.2) is 0 Å². The fourth-order valence-corrected chi connectivity index (χ4v) is 0.498. The predicted octanol–water partition coefficient (Wildman–Crippen LogP) is 2.14. The lowest BCUT2D eigenvalue weighted by Crippen LogP contribution is -2.14. The van der Waals surface area contributed by atoms with Crippen LogP contribution in [-0.4, -0.2) is 5.91 Å². The average molecular weight is 202 g/mol. The van der Waals surface area contributed by atoms with Crippen molar-refractivity contribution in [3.63, 3.8) is 0 Å². The molecule has 0 rings (SSSR count). The van der Waals surface area contributed by atoms with Crippen LogP contribution >= 0.6 is 24.8 Å².